The molecule has 0 spiro atoms. The topological polar surface area (TPSA) is 104 Å². The van der Waals surface area contributed by atoms with E-state index in [2.05, 4.69) is 0 Å². The first-order valence-electron chi connectivity index (χ1n) is 9.54. The molecule has 0 aromatic heterocycles. The summed E-state index contributed by atoms with van der Waals surface area (Å²) >= 11 is 0. The molecule has 2 aromatic rings. The van der Waals surface area contributed by atoms with E-state index in [4.69, 9.17) is 0 Å². The number of aliphatic hydroxyl groups is 1. The van der Waals surface area contributed by atoms with Crippen LogP contribution in [0, 0.1) is 10.1 Å². The van der Waals surface area contributed by atoms with Crippen LogP contribution in [0.3, 0.4) is 0 Å². The Hall–Kier alpha value is -3.52. The van der Waals surface area contributed by atoms with Gasteiger partial charge in [-0.15, -0.1) is 0 Å². The van der Waals surface area contributed by atoms with Gasteiger partial charge in [-0.05, 0) is 32.6 Å². The van der Waals surface area contributed by atoms with Gasteiger partial charge < -0.3 is 14.9 Å². The maximum atomic E-state index is 12.9. The number of nitro benzene ring substituents is 1. The maximum Gasteiger partial charge on any atom is 0.295 e. The normalized spacial score (nSPS) is 18.2. The van der Waals surface area contributed by atoms with E-state index in [1.165, 1.54) is 23.1 Å². The minimum atomic E-state index is -0.896. The Morgan fingerprint density at radius 3 is 2.47 bits per heavy atom. The first-order chi connectivity index (χ1) is 14.3. The summed E-state index contributed by atoms with van der Waals surface area (Å²) in [5.74, 6) is -1.80. The number of aliphatic hydroxyl groups excluding tert-OH is 1. The van der Waals surface area contributed by atoms with Gasteiger partial charge in [-0.25, -0.2) is 0 Å². The van der Waals surface area contributed by atoms with Crippen LogP contribution in [0.2, 0.25) is 0 Å². The Balaban J connectivity index is 2.12. The van der Waals surface area contributed by atoms with Crippen molar-refractivity contribution >= 4 is 23.1 Å². The van der Waals surface area contributed by atoms with Crippen molar-refractivity contribution in [1.82, 2.24) is 9.80 Å². The highest BCUT2D eigenvalue weighted by atomic mass is 16.6. The molecule has 1 amide bonds. The average Bonchev–Trinajstić information content (AvgIpc) is 2.98. The van der Waals surface area contributed by atoms with Crippen molar-refractivity contribution in [1.29, 1.82) is 0 Å². The molecule has 1 atom stereocenters. The molecule has 0 aliphatic carbocycles. The number of hydrogen-bond donors (Lipinski definition) is 1. The largest absolute Gasteiger partial charge is 0.507 e. The van der Waals surface area contributed by atoms with E-state index in [9.17, 15) is 24.8 Å². The molecule has 3 rings (SSSR count). The molecule has 1 N–H and O–H groups in total. The number of rotatable bonds is 7. The first-order valence-corrected chi connectivity index (χ1v) is 9.54. The number of Topliss-reactive ketones (excluding diaryl/α,β-unsaturated/α-hetero) is 1. The van der Waals surface area contributed by atoms with Crippen LogP contribution in [-0.2, 0) is 9.59 Å². The molecule has 0 bridgehead atoms. The van der Waals surface area contributed by atoms with Crippen molar-refractivity contribution in [2.45, 2.75) is 12.5 Å². The van der Waals surface area contributed by atoms with Gasteiger partial charge in [-0.1, -0.05) is 42.5 Å². The summed E-state index contributed by atoms with van der Waals surface area (Å²) in [6, 6.07) is 13.4. The number of carbonyl (C=O) groups excluding carboxylic acids is 2. The second kappa shape index (κ2) is 8.87. The van der Waals surface area contributed by atoms with Gasteiger partial charge in [0, 0.05) is 24.2 Å². The molecule has 1 aliphatic heterocycles. The van der Waals surface area contributed by atoms with Crippen LogP contribution in [0.15, 0.2) is 60.2 Å². The van der Waals surface area contributed by atoms with Crippen LogP contribution in [-0.4, -0.2) is 58.7 Å². The third kappa shape index (κ3) is 4.23. The van der Waals surface area contributed by atoms with E-state index in [0.717, 1.165) is 0 Å². The highest BCUT2D eigenvalue weighted by Gasteiger charge is 2.46. The molecule has 1 heterocycles. The fourth-order valence-corrected chi connectivity index (χ4v) is 3.57. The van der Waals surface area contributed by atoms with Crippen LogP contribution in [0.5, 0.6) is 0 Å². The third-order valence-electron chi connectivity index (χ3n) is 4.99. The highest BCUT2D eigenvalue weighted by Crippen LogP contribution is 2.40. The van der Waals surface area contributed by atoms with Crippen molar-refractivity contribution in [3.63, 3.8) is 0 Å². The van der Waals surface area contributed by atoms with Crippen LogP contribution in [0.1, 0.15) is 23.6 Å². The van der Waals surface area contributed by atoms with E-state index in [1.54, 1.807) is 36.4 Å². The lowest BCUT2D eigenvalue weighted by Crippen LogP contribution is -2.32. The number of nitrogens with zero attached hydrogens (tertiary/aromatic N) is 3. The number of ketones is 1. The summed E-state index contributed by atoms with van der Waals surface area (Å²) in [5.41, 5.74) is 0.604. The van der Waals surface area contributed by atoms with Crippen molar-refractivity contribution in [2.75, 3.05) is 27.2 Å². The van der Waals surface area contributed by atoms with E-state index >= 15 is 0 Å². The number of non-ortho nitro benzene ring substituents is 1. The quantitative estimate of drug-likeness (QED) is 0.248. The molecular weight excluding hydrogens is 386 g/mol. The van der Waals surface area contributed by atoms with E-state index in [-0.39, 0.29) is 23.6 Å². The van der Waals surface area contributed by atoms with E-state index < -0.39 is 22.7 Å². The monoisotopic (exact) mass is 409 g/mol. The number of amides is 1. The zero-order valence-corrected chi connectivity index (χ0v) is 16.8. The van der Waals surface area contributed by atoms with Crippen LogP contribution < -0.4 is 0 Å². The van der Waals surface area contributed by atoms with Crippen LogP contribution in [0.4, 0.5) is 5.69 Å². The molecule has 1 fully saturated rings. The van der Waals surface area contributed by atoms with Gasteiger partial charge in [0.25, 0.3) is 17.4 Å². The average molecular weight is 409 g/mol. The Bertz CT molecular complexity index is 1000. The SMILES string of the molecule is CN(C)CCCN1C(=O)C(=O)/C(=C(/O)c2ccccc2)[C@@H]1c1cccc([N+](=O)[O-])c1. The van der Waals surface area contributed by atoms with Gasteiger partial charge in [0.1, 0.15) is 5.76 Å². The number of benzene rings is 2. The molecule has 0 saturated carbocycles. The molecule has 0 radical (unpaired) electrons. The van der Waals surface area contributed by atoms with Gasteiger partial charge in [0.2, 0.25) is 0 Å². The van der Waals surface area contributed by atoms with Gasteiger partial charge in [0.05, 0.1) is 16.5 Å². The molecule has 8 heteroatoms. The molecule has 30 heavy (non-hydrogen) atoms. The zero-order chi connectivity index (χ0) is 21.8. The Labute approximate surface area is 174 Å². The predicted octanol–water partition coefficient (Wildman–Crippen LogP) is 2.97. The summed E-state index contributed by atoms with van der Waals surface area (Å²) in [5, 5.41) is 22.1. The second-order valence-electron chi connectivity index (χ2n) is 7.37. The van der Waals surface area contributed by atoms with Crippen molar-refractivity contribution in [3.8, 4) is 0 Å². The lowest BCUT2D eigenvalue weighted by atomic mass is 9.95. The summed E-state index contributed by atoms with van der Waals surface area (Å²) in [6.45, 7) is 0.977. The second-order valence-corrected chi connectivity index (χ2v) is 7.37. The fourth-order valence-electron chi connectivity index (χ4n) is 3.57. The molecule has 1 saturated heterocycles. The maximum absolute atomic E-state index is 12.9. The van der Waals surface area contributed by atoms with E-state index in [0.29, 0.717) is 24.1 Å². The van der Waals surface area contributed by atoms with Gasteiger partial charge in [-0.3, -0.25) is 19.7 Å². The molecule has 156 valence electrons. The third-order valence-corrected chi connectivity index (χ3v) is 4.99. The van der Waals surface area contributed by atoms with Gasteiger partial charge in [0.15, 0.2) is 0 Å². The number of nitro groups is 1. The lowest BCUT2D eigenvalue weighted by Gasteiger charge is -2.25. The first kappa shape index (κ1) is 21.2. The Morgan fingerprint density at radius 2 is 1.83 bits per heavy atom. The fraction of sp³-hybridized carbons (Fsp3) is 0.273. The number of hydrogen-bond acceptors (Lipinski definition) is 6. The Morgan fingerprint density at radius 1 is 1.13 bits per heavy atom. The van der Waals surface area contributed by atoms with Gasteiger partial charge >= 0.3 is 0 Å². The predicted molar refractivity (Wildman–Crippen MR) is 112 cm³/mol. The smallest absolute Gasteiger partial charge is 0.295 e. The summed E-state index contributed by atoms with van der Waals surface area (Å²) in [4.78, 5) is 39.8. The summed E-state index contributed by atoms with van der Waals surface area (Å²) in [6.07, 6.45) is 0.608. The molecule has 8 nitrogen and oxygen atoms in total. The van der Waals surface area contributed by atoms with Crippen LogP contribution >= 0.6 is 0 Å². The highest BCUT2D eigenvalue weighted by molar-refractivity contribution is 6.46. The minimum Gasteiger partial charge on any atom is -0.507 e. The zero-order valence-electron chi connectivity index (χ0n) is 16.8. The van der Waals surface area contributed by atoms with Crippen molar-refractivity contribution < 1.29 is 19.6 Å². The standard InChI is InChI=1S/C22H23N3O5/c1-23(2)12-7-13-24-19(16-10-6-11-17(14-16)25(29)30)18(21(27)22(24)28)20(26)15-8-4-3-5-9-15/h3-6,8-11,14,19,26H,7,12-13H2,1-2H3/b20-18+/t19-/m0/s1. The number of carbonyl (C=O) groups is 2. The Kier molecular flexibility index (Phi) is 6.27. The summed E-state index contributed by atoms with van der Waals surface area (Å²) < 4.78 is 0. The number of likely N-dealkylation sites (tertiary alicyclic amines) is 1. The van der Waals surface area contributed by atoms with Crippen LogP contribution in [0.25, 0.3) is 5.76 Å². The lowest BCUT2D eigenvalue weighted by molar-refractivity contribution is -0.384. The van der Waals surface area contributed by atoms with Crippen molar-refractivity contribution in [2.24, 2.45) is 0 Å². The molecule has 0 unspecified atom stereocenters. The molecule has 2 aromatic carbocycles. The minimum absolute atomic E-state index is 0.0587. The molecule has 1 aliphatic rings. The van der Waals surface area contributed by atoms with Crippen molar-refractivity contribution in [3.05, 3.63) is 81.4 Å². The molecular formula is C22H23N3O5. The van der Waals surface area contributed by atoms with Gasteiger partial charge in [-0.2, -0.15) is 0 Å². The van der Waals surface area contributed by atoms with E-state index in [1.807, 2.05) is 19.0 Å². The summed E-state index contributed by atoms with van der Waals surface area (Å²) in [7, 11) is 3.81.